The van der Waals surface area contributed by atoms with E-state index >= 15 is 0 Å². The molecule has 0 aliphatic rings. The summed E-state index contributed by atoms with van der Waals surface area (Å²) in [5.74, 6) is 0. The van der Waals surface area contributed by atoms with Gasteiger partial charge in [-0.1, -0.05) is 24.3 Å². The van der Waals surface area contributed by atoms with Crippen LogP contribution >= 0.6 is 0 Å². The van der Waals surface area contributed by atoms with Crippen molar-refractivity contribution in [3.63, 3.8) is 0 Å². The summed E-state index contributed by atoms with van der Waals surface area (Å²) in [5, 5.41) is 18.2. The lowest BCUT2D eigenvalue weighted by atomic mass is 10.1. The maximum atomic E-state index is 12.8. The van der Waals surface area contributed by atoms with E-state index in [9.17, 15) is 23.3 Å². The Morgan fingerprint density at radius 2 is 1.85 bits per heavy atom. The number of nitro benzene ring substituents is 1. The summed E-state index contributed by atoms with van der Waals surface area (Å²) in [4.78, 5) is 10.4. The Balaban J connectivity index is 1.82. The van der Waals surface area contributed by atoms with Crippen LogP contribution in [-0.2, 0) is 19.3 Å². The first kappa shape index (κ1) is 18.4. The molecule has 0 spiro atoms. The van der Waals surface area contributed by atoms with Gasteiger partial charge in [0.25, 0.3) is 5.69 Å². The zero-order valence-corrected chi connectivity index (χ0v) is 14.0. The SMILES string of the molecule is O=[N+]([O-])c1cc(C(F)(F)F)ccc1NCc1ccccc1Cn1cccn1. The van der Waals surface area contributed by atoms with E-state index in [1.54, 1.807) is 16.9 Å². The molecule has 0 aliphatic heterocycles. The number of aromatic nitrogens is 2. The molecule has 0 bridgehead atoms. The quantitative estimate of drug-likeness (QED) is 0.509. The Hall–Kier alpha value is -3.36. The molecule has 1 heterocycles. The smallest absolute Gasteiger partial charge is 0.375 e. The van der Waals surface area contributed by atoms with Crippen molar-refractivity contribution in [1.82, 2.24) is 9.78 Å². The second-order valence-corrected chi connectivity index (χ2v) is 5.81. The van der Waals surface area contributed by atoms with Crippen molar-refractivity contribution in [1.29, 1.82) is 0 Å². The molecule has 2 aromatic carbocycles. The molecule has 0 atom stereocenters. The molecule has 1 N–H and O–H groups in total. The van der Waals surface area contributed by atoms with Crippen molar-refractivity contribution in [2.45, 2.75) is 19.3 Å². The van der Waals surface area contributed by atoms with Gasteiger partial charge in [0.15, 0.2) is 0 Å². The van der Waals surface area contributed by atoms with E-state index in [0.29, 0.717) is 12.6 Å². The topological polar surface area (TPSA) is 73.0 Å². The molecule has 27 heavy (non-hydrogen) atoms. The minimum atomic E-state index is -4.64. The van der Waals surface area contributed by atoms with Gasteiger partial charge >= 0.3 is 6.18 Å². The third-order valence-corrected chi connectivity index (χ3v) is 4.00. The van der Waals surface area contributed by atoms with Crippen LogP contribution in [0.2, 0.25) is 0 Å². The third kappa shape index (κ3) is 4.43. The molecule has 6 nitrogen and oxygen atoms in total. The maximum absolute atomic E-state index is 12.8. The first-order valence-corrected chi connectivity index (χ1v) is 7.98. The largest absolute Gasteiger partial charge is 0.416 e. The molecule has 3 rings (SSSR count). The van der Waals surface area contributed by atoms with Crippen molar-refractivity contribution in [3.05, 3.63) is 87.7 Å². The summed E-state index contributed by atoms with van der Waals surface area (Å²) in [5.41, 5.74) is 0.167. The number of hydrogen-bond acceptors (Lipinski definition) is 4. The third-order valence-electron chi connectivity index (χ3n) is 4.00. The second kappa shape index (κ2) is 7.48. The van der Waals surface area contributed by atoms with Crippen LogP contribution in [0.15, 0.2) is 60.9 Å². The fourth-order valence-electron chi connectivity index (χ4n) is 2.65. The normalized spacial score (nSPS) is 11.4. The van der Waals surface area contributed by atoms with E-state index in [2.05, 4.69) is 10.4 Å². The second-order valence-electron chi connectivity index (χ2n) is 5.81. The zero-order valence-electron chi connectivity index (χ0n) is 14.0. The Morgan fingerprint density at radius 1 is 1.11 bits per heavy atom. The number of anilines is 1. The van der Waals surface area contributed by atoms with E-state index in [4.69, 9.17) is 0 Å². The van der Waals surface area contributed by atoms with Gasteiger partial charge in [0.2, 0.25) is 0 Å². The highest BCUT2D eigenvalue weighted by atomic mass is 19.4. The van der Waals surface area contributed by atoms with Gasteiger partial charge in [-0.2, -0.15) is 18.3 Å². The number of benzene rings is 2. The maximum Gasteiger partial charge on any atom is 0.416 e. The van der Waals surface area contributed by atoms with Gasteiger partial charge in [-0.15, -0.1) is 0 Å². The lowest BCUT2D eigenvalue weighted by Crippen LogP contribution is -2.10. The minimum Gasteiger partial charge on any atom is -0.375 e. The van der Waals surface area contributed by atoms with Crippen LogP contribution in [0.25, 0.3) is 0 Å². The monoisotopic (exact) mass is 376 g/mol. The number of hydrogen-bond donors (Lipinski definition) is 1. The average Bonchev–Trinajstić information content (AvgIpc) is 3.13. The summed E-state index contributed by atoms with van der Waals surface area (Å²) >= 11 is 0. The first-order valence-electron chi connectivity index (χ1n) is 7.98. The highest BCUT2D eigenvalue weighted by Gasteiger charge is 2.33. The highest BCUT2D eigenvalue weighted by Crippen LogP contribution is 2.35. The van der Waals surface area contributed by atoms with Crippen molar-refractivity contribution in [2.24, 2.45) is 0 Å². The van der Waals surface area contributed by atoms with E-state index in [-0.39, 0.29) is 12.2 Å². The number of halogens is 3. The van der Waals surface area contributed by atoms with Gasteiger partial charge in [0, 0.05) is 25.0 Å². The Bertz CT molecular complexity index is 940. The molecule has 0 saturated carbocycles. The molecule has 0 amide bonds. The Kier molecular flexibility index (Phi) is 5.11. The first-order chi connectivity index (χ1) is 12.8. The standard InChI is InChI=1S/C18H15F3N4O2/c19-18(20,21)15-6-7-16(17(10-15)25(26)27)22-11-13-4-1-2-5-14(13)12-24-9-3-8-23-24/h1-10,22H,11-12H2. The molecule has 0 fully saturated rings. The van der Waals surface area contributed by atoms with Gasteiger partial charge in [0.05, 0.1) is 17.0 Å². The molecule has 0 aliphatic carbocycles. The Morgan fingerprint density at radius 3 is 2.48 bits per heavy atom. The van der Waals surface area contributed by atoms with Crippen molar-refractivity contribution in [2.75, 3.05) is 5.32 Å². The van der Waals surface area contributed by atoms with Gasteiger partial charge in [-0.25, -0.2) is 0 Å². The van der Waals surface area contributed by atoms with Crippen molar-refractivity contribution >= 4 is 11.4 Å². The van der Waals surface area contributed by atoms with Crippen LogP contribution < -0.4 is 5.32 Å². The number of alkyl halides is 3. The molecule has 3 aromatic rings. The molecule has 0 radical (unpaired) electrons. The summed E-state index contributed by atoms with van der Waals surface area (Å²) in [7, 11) is 0. The molecule has 140 valence electrons. The minimum absolute atomic E-state index is 0.0295. The van der Waals surface area contributed by atoms with Gasteiger partial charge in [0.1, 0.15) is 5.69 Å². The predicted molar refractivity (Wildman–Crippen MR) is 93.2 cm³/mol. The summed E-state index contributed by atoms with van der Waals surface area (Å²) in [6, 6.07) is 11.7. The van der Waals surface area contributed by atoms with Gasteiger partial charge in [-0.3, -0.25) is 14.8 Å². The lowest BCUT2D eigenvalue weighted by molar-refractivity contribution is -0.384. The summed E-state index contributed by atoms with van der Waals surface area (Å²) in [6.07, 6.45) is -1.17. The van der Waals surface area contributed by atoms with E-state index < -0.39 is 22.4 Å². The lowest BCUT2D eigenvalue weighted by Gasteiger charge is -2.13. The molecular formula is C18H15F3N4O2. The number of nitrogens with zero attached hydrogens (tertiary/aromatic N) is 3. The van der Waals surface area contributed by atoms with Crippen LogP contribution in [0.5, 0.6) is 0 Å². The van der Waals surface area contributed by atoms with Crippen molar-refractivity contribution < 1.29 is 18.1 Å². The molecule has 0 unspecified atom stereocenters. The van der Waals surface area contributed by atoms with E-state index in [1.165, 1.54) is 0 Å². The molecule has 1 aromatic heterocycles. The van der Waals surface area contributed by atoms with E-state index in [0.717, 1.165) is 23.3 Å². The molecule has 0 saturated heterocycles. The predicted octanol–water partition coefficient (Wildman–Crippen LogP) is 4.47. The van der Waals surface area contributed by atoms with Crippen LogP contribution in [-0.4, -0.2) is 14.7 Å². The van der Waals surface area contributed by atoms with Gasteiger partial charge < -0.3 is 5.32 Å². The average molecular weight is 376 g/mol. The Labute approximate surface area is 152 Å². The summed E-state index contributed by atoms with van der Waals surface area (Å²) in [6.45, 7) is 0.740. The number of nitro groups is 1. The van der Waals surface area contributed by atoms with Gasteiger partial charge in [-0.05, 0) is 29.3 Å². The zero-order chi connectivity index (χ0) is 19.4. The van der Waals surface area contributed by atoms with Crippen LogP contribution in [0, 0.1) is 10.1 Å². The number of rotatable bonds is 6. The summed E-state index contributed by atoms with van der Waals surface area (Å²) < 4.78 is 40.1. The molecule has 9 heteroatoms. The van der Waals surface area contributed by atoms with Crippen LogP contribution in [0.1, 0.15) is 16.7 Å². The van der Waals surface area contributed by atoms with Crippen molar-refractivity contribution in [3.8, 4) is 0 Å². The van der Waals surface area contributed by atoms with E-state index in [1.807, 2.05) is 30.5 Å². The number of nitrogens with one attached hydrogen (secondary N) is 1. The van der Waals surface area contributed by atoms with Crippen LogP contribution in [0.3, 0.4) is 0 Å². The fraction of sp³-hybridized carbons (Fsp3) is 0.167. The van der Waals surface area contributed by atoms with Crippen LogP contribution in [0.4, 0.5) is 24.5 Å². The highest BCUT2D eigenvalue weighted by molar-refractivity contribution is 5.63. The molecular weight excluding hydrogens is 361 g/mol. The fourth-order valence-corrected chi connectivity index (χ4v) is 2.65.